The van der Waals surface area contributed by atoms with Crippen LogP contribution >= 0.6 is 0 Å². The maximum atomic E-state index is 10.8. The lowest BCUT2D eigenvalue weighted by Gasteiger charge is -2.16. The van der Waals surface area contributed by atoms with E-state index in [2.05, 4.69) is 5.32 Å². The molecule has 3 N–H and O–H groups in total. The van der Waals surface area contributed by atoms with Crippen molar-refractivity contribution in [3.63, 3.8) is 0 Å². The summed E-state index contributed by atoms with van der Waals surface area (Å²) in [4.78, 5) is 10.8. The zero-order valence-corrected chi connectivity index (χ0v) is 10.4. The van der Waals surface area contributed by atoms with Crippen molar-refractivity contribution in [3.8, 4) is 0 Å². The van der Waals surface area contributed by atoms with Crippen LogP contribution in [0.3, 0.4) is 0 Å². The second kappa shape index (κ2) is 5.68. The molecular formula is C13H19NO3. The lowest BCUT2D eigenvalue weighted by Crippen LogP contribution is -2.24. The molecule has 1 rings (SSSR count). The standard InChI is InChI=1S/C13H19NO3/c1-8(2)12(15)7-14-10-4-5-11(13(16)17)9(3)6-10/h4-6,8,12,14-15H,7H2,1-3H3,(H,16,17). The first-order chi connectivity index (χ1) is 7.91. The van der Waals surface area contributed by atoms with Crippen molar-refractivity contribution in [1.29, 1.82) is 0 Å². The third-order valence-electron chi connectivity index (χ3n) is 2.74. The van der Waals surface area contributed by atoms with Crippen molar-refractivity contribution < 1.29 is 15.0 Å². The SMILES string of the molecule is Cc1cc(NCC(O)C(C)C)ccc1C(=O)O. The summed E-state index contributed by atoms with van der Waals surface area (Å²) >= 11 is 0. The molecule has 0 aliphatic heterocycles. The Morgan fingerprint density at radius 1 is 1.41 bits per heavy atom. The van der Waals surface area contributed by atoms with Crippen molar-refractivity contribution in [2.75, 3.05) is 11.9 Å². The van der Waals surface area contributed by atoms with E-state index in [0.29, 0.717) is 17.7 Å². The molecule has 0 bridgehead atoms. The molecule has 4 nitrogen and oxygen atoms in total. The molecule has 0 heterocycles. The predicted molar refractivity (Wildman–Crippen MR) is 67.5 cm³/mol. The highest BCUT2D eigenvalue weighted by Crippen LogP contribution is 2.15. The fourth-order valence-corrected chi connectivity index (χ4v) is 1.47. The number of hydrogen-bond acceptors (Lipinski definition) is 3. The van der Waals surface area contributed by atoms with Gasteiger partial charge in [0.25, 0.3) is 0 Å². The summed E-state index contributed by atoms with van der Waals surface area (Å²) in [6, 6.07) is 5.06. The van der Waals surface area contributed by atoms with Gasteiger partial charge in [-0.1, -0.05) is 13.8 Å². The van der Waals surface area contributed by atoms with Gasteiger partial charge in [-0.15, -0.1) is 0 Å². The Morgan fingerprint density at radius 3 is 2.53 bits per heavy atom. The largest absolute Gasteiger partial charge is 0.478 e. The number of benzene rings is 1. The number of carbonyl (C=O) groups is 1. The topological polar surface area (TPSA) is 69.6 Å². The number of rotatable bonds is 5. The van der Waals surface area contributed by atoms with Crippen LogP contribution in [0.5, 0.6) is 0 Å². The molecule has 1 unspecified atom stereocenters. The average molecular weight is 237 g/mol. The molecule has 4 heteroatoms. The van der Waals surface area contributed by atoms with E-state index in [4.69, 9.17) is 5.11 Å². The molecule has 0 saturated carbocycles. The molecule has 1 aromatic carbocycles. The first-order valence-electron chi connectivity index (χ1n) is 5.67. The fraction of sp³-hybridized carbons (Fsp3) is 0.462. The van der Waals surface area contributed by atoms with E-state index in [0.717, 1.165) is 5.69 Å². The molecule has 0 spiro atoms. The number of aryl methyl sites for hydroxylation is 1. The molecule has 0 amide bonds. The Bertz CT molecular complexity index is 402. The normalized spacial score (nSPS) is 12.5. The number of carboxylic acid groups (broad SMARTS) is 1. The van der Waals surface area contributed by atoms with Gasteiger partial charge in [0.05, 0.1) is 11.7 Å². The predicted octanol–water partition coefficient (Wildman–Crippen LogP) is 2.12. The van der Waals surface area contributed by atoms with Crippen LogP contribution in [0.15, 0.2) is 18.2 Å². The van der Waals surface area contributed by atoms with Crippen LogP contribution in [0.2, 0.25) is 0 Å². The molecule has 0 fully saturated rings. The summed E-state index contributed by atoms with van der Waals surface area (Å²) in [6.45, 7) is 6.12. The zero-order chi connectivity index (χ0) is 13.0. The maximum absolute atomic E-state index is 10.8. The lowest BCUT2D eigenvalue weighted by molar-refractivity contribution is 0.0696. The molecular weight excluding hydrogens is 218 g/mol. The van der Waals surface area contributed by atoms with Crippen LogP contribution < -0.4 is 5.32 Å². The smallest absolute Gasteiger partial charge is 0.335 e. The minimum Gasteiger partial charge on any atom is -0.478 e. The number of nitrogens with one attached hydrogen (secondary N) is 1. The van der Waals surface area contributed by atoms with Crippen LogP contribution in [0, 0.1) is 12.8 Å². The van der Waals surface area contributed by atoms with Crippen LogP contribution in [0.4, 0.5) is 5.69 Å². The minimum absolute atomic E-state index is 0.196. The number of aromatic carboxylic acids is 1. The monoisotopic (exact) mass is 237 g/mol. The van der Waals surface area contributed by atoms with Crippen molar-refractivity contribution >= 4 is 11.7 Å². The van der Waals surface area contributed by atoms with E-state index in [1.165, 1.54) is 0 Å². The number of anilines is 1. The molecule has 1 atom stereocenters. The third-order valence-corrected chi connectivity index (χ3v) is 2.74. The van der Waals surface area contributed by atoms with E-state index in [1.54, 1.807) is 25.1 Å². The second-order valence-corrected chi connectivity index (χ2v) is 4.53. The van der Waals surface area contributed by atoms with Gasteiger partial charge < -0.3 is 15.5 Å². The summed E-state index contributed by atoms with van der Waals surface area (Å²) in [7, 11) is 0. The highest BCUT2D eigenvalue weighted by molar-refractivity contribution is 5.89. The summed E-state index contributed by atoms with van der Waals surface area (Å²) in [5.41, 5.74) is 1.84. The molecule has 1 aromatic rings. The van der Waals surface area contributed by atoms with Gasteiger partial charge in [0.15, 0.2) is 0 Å². The van der Waals surface area contributed by atoms with Gasteiger partial charge in [0.1, 0.15) is 0 Å². The summed E-state index contributed by atoms with van der Waals surface area (Å²) in [5.74, 6) is -0.724. The van der Waals surface area contributed by atoms with Crippen LogP contribution in [0.1, 0.15) is 29.8 Å². The summed E-state index contributed by atoms with van der Waals surface area (Å²) in [5, 5.41) is 21.6. The Balaban J connectivity index is 2.68. The van der Waals surface area contributed by atoms with E-state index < -0.39 is 12.1 Å². The van der Waals surface area contributed by atoms with Crippen molar-refractivity contribution in [3.05, 3.63) is 29.3 Å². The highest BCUT2D eigenvalue weighted by Gasteiger charge is 2.10. The van der Waals surface area contributed by atoms with Gasteiger partial charge in [-0.2, -0.15) is 0 Å². The molecule has 0 saturated heterocycles. The van der Waals surface area contributed by atoms with Crippen molar-refractivity contribution in [2.24, 2.45) is 5.92 Å². The molecule has 0 radical (unpaired) electrons. The Hall–Kier alpha value is -1.55. The van der Waals surface area contributed by atoms with Crippen LogP contribution in [-0.4, -0.2) is 28.8 Å². The first kappa shape index (κ1) is 13.5. The average Bonchev–Trinajstić information content (AvgIpc) is 2.25. The van der Waals surface area contributed by atoms with E-state index in [1.807, 2.05) is 13.8 Å². The van der Waals surface area contributed by atoms with Crippen molar-refractivity contribution in [2.45, 2.75) is 26.9 Å². The quantitative estimate of drug-likeness (QED) is 0.733. The van der Waals surface area contributed by atoms with Gasteiger partial charge in [0.2, 0.25) is 0 Å². The van der Waals surface area contributed by atoms with Crippen LogP contribution in [-0.2, 0) is 0 Å². The second-order valence-electron chi connectivity index (χ2n) is 4.53. The number of carboxylic acids is 1. The molecule has 0 aromatic heterocycles. The van der Waals surface area contributed by atoms with Gasteiger partial charge >= 0.3 is 5.97 Å². The van der Waals surface area contributed by atoms with Gasteiger partial charge in [0, 0.05) is 12.2 Å². The van der Waals surface area contributed by atoms with Gasteiger partial charge in [-0.05, 0) is 36.6 Å². The van der Waals surface area contributed by atoms with Crippen LogP contribution in [0.25, 0.3) is 0 Å². The number of aliphatic hydroxyl groups is 1. The number of aliphatic hydroxyl groups excluding tert-OH is 1. The molecule has 0 aliphatic carbocycles. The summed E-state index contributed by atoms with van der Waals surface area (Å²) < 4.78 is 0. The molecule has 0 aliphatic rings. The fourth-order valence-electron chi connectivity index (χ4n) is 1.47. The summed E-state index contributed by atoms with van der Waals surface area (Å²) in [6.07, 6.45) is -0.408. The highest BCUT2D eigenvalue weighted by atomic mass is 16.4. The molecule has 94 valence electrons. The van der Waals surface area contributed by atoms with E-state index in [-0.39, 0.29) is 5.92 Å². The Morgan fingerprint density at radius 2 is 2.06 bits per heavy atom. The van der Waals surface area contributed by atoms with Gasteiger partial charge in [-0.3, -0.25) is 0 Å². The zero-order valence-electron chi connectivity index (χ0n) is 10.4. The first-order valence-corrected chi connectivity index (χ1v) is 5.67. The molecule has 17 heavy (non-hydrogen) atoms. The number of hydrogen-bond donors (Lipinski definition) is 3. The van der Waals surface area contributed by atoms with Gasteiger partial charge in [-0.25, -0.2) is 4.79 Å². The van der Waals surface area contributed by atoms with E-state index in [9.17, 15) is 9.90 Å². The lowest BCUT2D eigenvalue weighted by atomic mass is 10.1. The van der Waals surface area contributed by atoms with Crippen molar-refractivity contribution in [1.82, 2.24) is 0 Å². The van der Waals surface area contributed by atoms with E-state index >= 15 is 0 Å². The Kier molecular flexibility index (Phi) is 4.52. The third kappa shape index (κ3) is 3.75. The minimum atomic E-state index is -0.920. The maximum Gasteiger partial charge on any atom is 0.335 e. The Labute approximate surface area is 101 Å².